The van der Waals surface area contributed by atoms with Crippen LogP contribution in [0.4, 0.5) is 0 Å². The van der Waals surface area contributed by atoms with Gasteiger partial charge >= 0.3 is 0 Å². The van der Waals surface area contributed by atoms with Crippen molar-refractivity contribution in [2.75, 3.05) is 7.11 Å². The Bertz CT molecular complexity index is 625. The van der Waals surface area contributed by atoms with Crippen LogP contribution in [0.15, 0.2) is 23.4 Å². The molecular formula is C14H16ClN3OS. The summed E-state index contributed by atoms with van der Waals surface area (Å²) in [5.41, 5.74) is 1.07. The quantitative estimate of drug-likeness (QED) is 0.790. The van der Waals surface area contributed by atoms with Crippen molar-refractivity contribution in [2.45, 2.75) is 29.7 Å². The van der Waals surface area contributed by atoms with E-state index in [0.717, 1.165) is 33.1 Å². The van der Waals surface area contributed by atoms with E-state index in [1.165, 1.54) is 12.8 Å². The third kappa shape index (κ3) is 2.79. The Morgan fingerprint density at radius 2 is 2.20 bits per heavy atom. The van der Waals surface area contributed by atoms with Crippen molar-refractivity contribution < 1.29 is 4.74 Å². The highest BCUT2D eigenvalue weighted by molar-refractivity contribution is 7.98. The summed E-state index contributed by atoms with van der Waals surface area (Å²) < 4.78 is 7.45. The average Bonchev–Trinajstić information content (AvgIpc) is 3.21. The van der Waals surface area contributed by atoms with Crippen LogP contribution in [0.1, 0.15) is 30.1 Å². The van der Waals surface area contributed by atoms with E-state index in [1.54, 1.807) is 18.9 Å². The van der Waals surface area contributed by atoms with E-state index >= 15 is 0 Å². The standard InChI is InChI=1S/C14H16ClN3OS/c1-18-13(9-3-4-9)16-17-14(18)20-8-10-7-11(15)5-6-12(10)19-2/h5-7,9H,3-4,8H2,1-2H3. The molecule has 1 heterocycles. The summed E-state index contributed by atoms with van der Waals surface area (Å²) >= 11 is 7.70. The van der Waals surface area contributed by atoms with E-state index < -0.39 is 0 Å². The van der Waals surface area contributed by atoms with Crippen molar-refractivity contribution in [3.8, 4) is 5.75 Å². The second kappa shape index (κ2) is 5.66. The summed E-state index contributed by atoms with van der Waals surface area (Å²) in [5, 5.41) is 10.2. The number of methoxy groups -OCH3 is 1. The molecule has 6 heteroatoms. The minimum Gasteiger partial charge on any atom is -0.496 e. The van der Waals surface area contributed by atoms with E-state index in [-0.39, 0.29) is 0 Å². The van der Waals surface area contributed by atoms with E-state index in [2.05, 4.69) is 14.8 Å². The number of aromatic nitrogens is 3. The molecule has 2 aromatic rings. The van der Waals surface area contributed by atoms with E-state index in [4.69, 9.17) is 16.3 Å². The van der Waals surface area contributed by atoms with Crippen molar-refractivity contribution in [1.29, 1.82) is 0 Å². The number of nitrogens with zero attached hydrogens (tertiary/aromatic N) is 3. The van der Waals surface area contributed by atoms with Crippen LogP contribution < -0.4 is 4.74 Å². The van der Waals surface area contributed by atoms with E-state index in [9.17, 15) is 0 Å². The lowest BCUT2D eigenvalue weighted by atomic mass is 10.2. The predicted molar refractivity (Wildman–Crippen MR) is 80.5 cm³/mol. The van der Waals surface area contributed by atoms with Gasteiger partial charge in [0.2, 0.25) is 0 Å². The maximum Gasteiger partial charge on any atom is 0.191 e. The Hall–Kier alpha value is -1.20. The zero-order valence-electron chi connectivity index (χ0n) is 11.5. The molecular weight excluding hydrogens is 294 g/mol. The summed E-state index contributed by atoms with van der Waals surface area (Å²) in [6.45, 7) is 0. The molecule has 106 valence electrons. The number of thioether (sulfide) groups is 1. The number of rotatable bonds is 5. The van der Waals surface area contributed by atoms with Gasteiger partial charge in [-0.15, -0.1) is 10.2 Å². The molecule has 0 N–H and O–H groups in total. The summed E-state index contributed by atoms with van der Waals surface area (Å²) in [4.78, 5) is 0. The molecule has 3 rings (SSSR count). The smallest absolute Gasteiger partial charge is 0.191 e. The van der Waals surface area contributed by atoms with Gasteiger partial charge in [0.1, 0.15) is 11.6 Å². The fourth-order valence-electron chi connectivity index (χ4n) is 2.15. The molecule has 0 spiro atoms. The van der Waals surface area contributed by atoms with Crippen molar-refractivity contribution in [3.05, 3.63) is 34.6 Å². The second-order valence-electron chi connectivity index (χ2n) is 4.92. The first-order chi connectivity index (χ1) is 9.69. The lowest BCUT2D eigenvalue weighted by Gasteiger charge is -2.08. The molecule has 0 bridgehead atoms. The molecule has 1 saturated carbocycles. The van der Waals surface area contributed by atoms with Gasteiger partial charge in [-0.2, -0.15) is 0 Å². The molecule has 1 aliphatic carbocycles. The zero-order valence-corrected chi connectivity index (χ0v) is 13.0. The van der Waals surface area contributed by atoms with E-state index in [0.29, 0.717) is 5.92 Å². The first kappa shape index (κ1) is 13.8. The van der Waals surface area contributed by atoms with Crippen molar-refractivity contribution in [2.24, 2.45) is 7.05 Å². The fourth-order valence-corrected chi connectivity index (χ4v) is 3.24. The number of halogens is 1. The first-order valence-electron chi connectivity index (χ1n) is 6.53. The third-order valence-electron chi connectivity index (χ3n) is 3.41. The lowest BCUT2D eigenvalue weighted by molar-refractivity contribution is 0.411. The van der Waals surface area contributed by atoms with Gasteiger partial charge in [-0.3, -0.25) is 0 Å². The highest BCUT2D eigenvalue weighted by Crippen LogP contribution is 2.40. The maximum atomic E-state index is 6.04. The first-order valence-corrected chi connectivity index (χ1v) is 7.90. The van der Waals surface area contributed by atoms with Gasteiger partial charge < -0.3 is 9.30 Å². The van der Waals surface area contributed by atoms with Crippen LogP contribution in [0.25, 0.3) is 0 Å². The molecule has 4 nitrogen and oxygen atoms in total. The number of hydrogen-bond donors (Lipinski definition) is 0. The Kier molecular flexibility index (Phi) is 3.89. The normalized spacial score (nSPS) is 14.6. The molecule has 1 aromatic heterocycles. The Morgan fingerprint density at radius 3 is 2.90 bits per heavy atom. The highest BCUT2D eigenvalue weighted by Gasteiger charge is 2.29. The van der Waals surface area contributed by atoms with Gasteiger partial charge in [0.25, 0.3) is 0 Å². The minimum absolute atomic E-state index is 0.613. The number of benzene rings is 1. The number of ether oxygens (including phenoxy) is 1. The van der Waals surface area contributed by atoms with Gasteiger partial charge in [0.15, 0.2) is 5.16 Å². The zero-order chi connectivity index (χ0) is 14.1. The molecule has 0 aliphatic heterocycles. The van der Waals surface area contributed by atoms with Crippen LogP contribution in [0.5, 0.6) is 5.75 Å². The van der Waals surface area contributed by atoms with Crippen LogP contribution in [-0.2, 0) is 12.8 Å². The van der Waals surface area contributed by atoms with Crippen LogP contribution in [0.2, 0.25) is 5.02 Å². The second-order valence-corrected chi connectivity index (χ2v) is 6.30. The van der Waals surface area contributed by atoms with Crippen molar-refractivity contribution in [3.63, 3.8) is 0 Å². The van der Waals surface area contributed by atoms with Crippen LogP contribution in [0.3, 0.4) is 0 Å². The van der Waals surface area contributed by atoms with Gasteiger partial charge in [-0.05, 0) is 31.0 Å². The predicted octanol–water partition coefficient (Wildman–Crippen LogP) is 3.65. The average molecular weight is 310 g/mol. The van der Waals surface area contributed by atoms with Gasteiger partial charge in [0.05, 0.1) is 7.11 Å². The molecule has 1 aliphatic rings. The highest BCUT2D eigenvalue weighted by atomic mass is 35.5. The van der Waals surface area contributed by atoms with Gasteiger partial charge in [0, 0.05) is 29.3 Å². The molecule has 0 amide bonds. The molecule has 0 radical (unpaired) electrons. The van der Waals surface area contributed by atoms with Gasteiger partial charge in [-0.25, -0.2) is 0 Å². The molecule has 0 unspecified atom stereocenters. The van der Waals surface area contributed by atoms with E-state index in [1.807, 2.05) is 25.2 Å². The molecule has 20 heavy (non-hydrogen) atoms. The molecule has 1 fully saturated rings. The lowest BCUT2D eigenvalue weighted by Crippen LogP contribution is -1.97. The monoisotopic (exact) mass is 309 g/mol. The minimum atomic E-state index is 0.613. The SMILES string of the molecule is COc1ccc(Cl)cc1CSc1nnc(C2CC2)n1C. The molecule has 0 atom stereocenters. The Morgan fingerprint density at radius 1 is 1.40 bits per heavy atom. The Labute approximate surface area is 127 Å². The van der Waals surface area contributed by atoms with Crippen molar-refractivity contribution in [1.82, 2.24) is 14.8 Å². The van der Waals surface area contributed by atoms with Crippen LogP contribution in [-0.4, -0.2) is 21.9 Å². The largest absolute Gasteiger partial charge is 0.496 e. The van der Waals surface area contributed by atoms with Gasteiger partial charge in [-0.1, -0.05) is 23.4 Å². The third-order valence-corrected chi connectivity index (χ3v) is 4.71. The van der Waals surface area contributed by atoms with Crippen LogP contribution >= 0.6 is 23.4 Å². The summed E-state index contributed by atoms with van der Waals surface area (Å²) in [7, 11) is 3.70. The summed E-state index contributed by atoms with van der Waals surface area (Å²) in [6, 6.07) is 5.66. The maximum absolute atomic E-state index is 6.04. The molecule has 0 saturated heterocycles. The Balaban J connectivity index is 1.74. The molecule has 1 aromatic carbocycles. The summed E-state index contributed by atoms with van der Waals surface area (Å²) in [5.74, 6) is 3.33. The fraction of sp³-hybridized carbons (Fsp3) is 0.429. The number of hydrogen-bond acceptors (Lipinski definition) is 4. The topological polar surface area (TPSA) is 39.9 Å². The van der Waals surface area contributed by atoms with Crippen LogP contribution in [0, 0.1) is 0 Å². The van der Waals surface area contributed by atoms with Crippen molar-refractivity contribution >= 4 is 23.4 Å². The summed E-state index contributed by atoms with van der Waals surface area (Å²) in [6.07, 6.45) is 2.47.